The topological polar surface area (TPSA) is 77.5 Å². The highest BCUT2D eigenvalue weighted by Gasteiger charge is 2.26. The van der Waals surface area contributed by atoms with E-state index in [1.807, 2.05) is 19.9 Å². The van der Waals surface area contributed by atoms with Crippen LogP contribution in [0.15, 0.2) is 47.4 Å². The van der Waals surface area contributed by atoms with Crippen LogP contribution in [0.4, 0.5) is 5.69 Å². The van der Waals surface area contributed by atoms with Crippen molar-refractivity contribution in [3.63, 3.8) is 0 Å². The molecule has 23 heavy (non-hydrogen) atoms. The number of hydrogen-bond acceptors (Lipinski definition) is 4. The number of nitrogens with zero attached hydrogens (tertiary/aromatic N) is 1. The minimum absolute atomic E-state index is 0.0457. The van der Waals surface area contributed by atoms with E-state index in [4.69, 9.17) is 0 Å². The number of carbonyl (C=O) groups is 1. The summed E-state index contributed by atoms with van der Waals surface area (Å²) in [6.07, 6.45) is 0. The number of sulfonamides is 1. The Morgan fingerprint density at radius 1 is 1.00 bits per heavy atom. The molecule has 2 aromatic rings. The second-order valence-electron chi connectivity index (χ2n) is 5.49. The molecule has 0 amide bonds. The van der Waals surface area contributed by atoms with Gasteiger partial charge in [0.05, 0.1) is 23.1 Å². The number of carboxylic acid groups (broad SMARTS) is 1. The summed E-state index contributed by atoms with van der Waals surface area (Å²) in [5.41, 5.74) is 2.90. The molecule has 0 N–H and O–H groups in total. The van der Waals surface area contributed by atoms with E-state index in [9.17, 15) is 18.3 Å². The zero-order valence-corrected chi connectivity index (χ0v) is 14.1. The van der Waals surface area contributed by atoms with Gasteiger partial charge in [-0.05, 0) is 44.5 Å². The summed E-state index contributed by atoms with van der Waals surface area (Å²) in [5.74, 6) is -1.46. The predicted molar refractivity (Wildman–Crippen MR) is 86.6 cm³/mol. The molecule has 0 bridgehead atoms. The molecule has 0 radical (unpaired) electrons. The molecule has 0 heterocycles. The highest BCUT2D eigenvalue weighted by atomic mass is 32.2. The quantitative estimate of drug-likeness (QED) is 0.832. The molecule has 0 aliphatic rings. The van der Waals surface area contributed by atoms with E-state index in [0.717, 1.165) is 15.4 Å². The zero-order chi connectivity index (χ0) is 17.2. The lowest BCUT2D eigenvalue weighted by Gasteiger charge is -2.26. The van der Waals surface area contributed by atoms with Gasteiger partial charge in [0.1, 0.15) is 0 Å². The molecule has 122 valence electrons. The maximum Gasteiger partial charge on any atom is 0.264 e. The van der Waals surface area contributed by atoms with Crippen LogP contribution in [0.5, 0.6) is 0 Å². The minimum atomic E-state index is -3.99. The van der Waals surface area contributed by atoms with Crippen molar-refractivity contribution in [2.24, 2.45) is 0 Å². The fourth-order valence-electron chi connectivity index (χ4n) is 2.34. The molecule has 0 atom stereocenters. The van der Waals surface area contributed by atoms with Gasteiger partial charge in [0.25, 0.3) is 10.0 Å². The molecule has 0 unspecified atom stereocenters. The minimum Gasteiger partial charge on any atom is -0.548 e. The highest BCUT2D eigenvalue weighted by Crippen LogP contribution is 2.27. The molecular formula is C17H18NO4S-. The van der Waals surface area contributed by atoms with Crippen molar-refractivity contribution in [2.75, 3.05) is 10.8 Å². The molecule has 0 spiro atoms. The maximum absolute atomic E-state index is 12.9. The van der Waals surface area contributed by atoms with Crippen molar-refractivity contribution in [1.29, 1.82) is 0 Å². The fourth-order valence-corrected chi connectivity index (χ4v) is 3.81. The molecule has 0 saturated heterocycles. The van der Waals surface area contributed by atoms with Gasteiger partial charge in [-0.15, -0.1) is 0 Å². The Bertz CT molecular complexity index is 826. The summed E-state index contributed by atoms with van der Waals surface area (Å²) >= 11 is 0. The summed E-state index contributed by atoms with van der Waals surface area (Å²) in [6.45, 7) is 4.74. The summed E-state index contributed by atoms with van der Waals surface area (Å²) in [4.78, 5) is 11.1. The first kappa shape index (κ1) is 17.0. The first-order valence-corrected chi connectivity index (χ1v) is 8.52. The Morgan fingerprint density at radius 2 is 1.57 bits per heavy atom. The third-order valence-corrected chi connectivity index (χ3v) is 5.28. The lowest BCUT2D eigenvalue weighted by Crippen LogP contribution is -2.42. The second kappa shape index (κ2) is 6.42. The van der Waals surface area contributed by atoms with Crippen LogP contribution in [0.25, 0.3) is 0 Å². The number of benzene rings is 2. The van der Waals surface area contributed by atoms with Gasteiger partial charge in [0, 0.05) is 0 Å². The van der Waals surface area contributed by atoms with Crippen LogP contribution >= 0.6 is 0 Å². The van der Waals surface area contributed by atoms with Crippen LogP contribution in [0.3, 0.4) is 0 Å². The van der Waals surface area contributed by atoms with Crippen molar-refractivity contribution in [1.82, 2.24) is 0 Å². The standard InChI is InChI=1S/C17H19NO4S/c1-12-4-7-15(8-5-12)23(21,22)18(11-17(19)20)16-9-6-13(2)10-14(16)3/h4-10H,11H2,1-3H3,(H,19,20)/p-1. The van der Waals surface area contributed by atoms with E-state index in [-0.39, 0.29) is 4.90 Å². The van der Waals surface area contributed by atoms with Gasteiger partial charge < -0.3 is 9.90 Å². The highest BCUT2D eigenvalue weighted by molar-refractivity contribution is 7.92. The van der Waals surface area contributed by atoms with Gasteiger partial charge in [0.2, 0.25) is 0 Å². The number of aryl methyl sites for hydroxylation is 3. The lowest BCUT2D eigenvalue weighted by atomic mass is 10.1. The predicted octanol–water partition coefficient (Wildman–Crippen LogP) is 1.56. The van der Waals surface area contributed by atoms with E-state index in [0.29, 0.717) is 11.3 Å². The summed E-state index contributed by atoms with van der Waals surface area (Å²) in [7, 11) is -3.99. The average molecular weight is 332 g/mol. The molecule has 0 aliphatic carbocycles. The number of aliphatic carboxylic acids is 1. The van der Waals surface area contributed by atoms with Gasteiger partial charge in [-0.25, -0.2) is 8.42 Å². The Hall–Kier alpha value is -2.34. The molecule has 2 rings (SSSR count). The summed E-state index contributed by atoms with van der Waals surface area (Å²) < 4.78 is 26.6. The smallest absolute Gasteiger partial charge is 0.264 e. The van der Waals surface area contributed by atoms with Crippen molar-refractivity contribution >= 4 is 21.7 Å². The first-order valence-electron chi connectivity index (χ1n) is 7.08. The number of rotatable bonds is 5. The van der Waals surface area contributed by atoms with E-state index in [1.54, 1.807) is 31.2 Å². The number of carboxylic acids is 1. The van der Waals surface area contributed by atoms with Crippen molar-refractivity contribution in [3.8, 4) is 0 Å². The second-order valence-corrected chi connectivity index (χ2v) is 7.35. The largest absolute Gasteiger partial charge is 0.548 e. The van der Waals surface area contributed by atoms with Crippen LogP contribution in [0.2, 0.25) is 0 Å². The Kier molecular flexibility index (Phi) is 4.75. The van der Waals surface area contributed by atoms with Crippen molar-refractivity contribution in [3.05, 3.63) is 59.2 Å². The lowest BCUT2D eigenvalue weighted by molar-refractivity contribution is -0.303. The van der Waals surface area contributed by atoms with Crippen LogP contribution in [-0.4, -0.2) is 20.9 Å². The number of carbonyl (C=O) groups excluding carboxylic acids is 1. The molecular weight excluding hydrogens is 314 g/mol. The molecule has 0 aromatic heterocycles. The third-order valence-electron chi connectivity index (χ3n) is 3.50. The van der Waals surface area contributed by atoms with Crippen LogP contribution < -0.4 is 9.41 Å². The molecule has 5 nitrogen and oxygen atoms in total. The molecule has 0 aliphatic heterocycles. The van der Waals surface area contributed by atoms with Gasteiger partial charge in [-0.3, -0.25) is 4.31 Å². The van der Waals surface area contributed by atoms with Crippen LogP contribution in [-0.2, 0) is 14.8 Å². The Labute approximate surface area is 136 Å². The van der Waals surface area contributed by atoms with Gasteiger partial charge >= 0.3 is 0 Å². The van der Waals surface area contributed by atoms with Gasteiger partial charge in [-0.2, -0.15) is 0 Å². The van der Waals surface area contributed by atoms with Crippen molar-refractivity contribution < 1.29 is 18.3 Å². The SMILES string of the molecule is Cc1ccc(S(=O)(=O)N(CC(=O)[O-])c2ccc(C)cc2C)cc1. The third kappa shape index (κ3) is 3.71. The summed E-state index contributed by atoms with van der Waals surface area (Å²) in [6, 6.07) is 11.4. The van der Waals surface area contributed by atoms with E-state index >= 15 is 0 Å². The maximum atomic E-state index is 12.9. The molecule has 2 aromatic carbocycles. The normalized spacial score (nSPS) is 11.3. The van der Waals surface area contributed by atoms with E-state index < -0.39 is 22.5 Å². The number of anilines is 1. The van der Waals surface area contributed by atoms with Crippen LogP contribution in [0.1, 0.15) is 16.7 Å². The fraction of sp³-hybridized carbons (Fsp3) is 0.235. The molecule has 0 saturated carbocycles. The van der Waals surface area contributed by atoms with Gasteiger partial charge in [-0.1, -0.05) is 35.4 Å². The Balaban J connectivity index is 2.57. The van der Waals surface area contributed by atoms with Crippen LogP contribution in [0, 0.1) is 20.8 Å². The number of hydrogen-bond donors (Lipinski definition) is 0. The Morgan fingerprint density at radius 3 is 2.09 bits per heavy atom. The molecule has 0 fully saturated rings. The monoisotopic (exact) mass is 332 g/mol. The average Bonchev–Trinajstić information content (AvgIpc) is 2.45. The van der Waals surface area contributed by atoms with Crippen molar-refractivity contribution in [2.45, 2.75) is 25.7 Å². The van der Waals surface area contributed by atoms with Gasteiger partial charge in [0.15, 0.2) is 0 Å². The zero-order valence-electron chi connectivity index (χ0n) is 13.2. The van der Waals surface area contributed by atoms with E-state index in [2.05, 4.69) is 0 Å². The van der Waals surface area contributed by atoms with E-state index in [1.165, 1.54) is 12.1 Å². The molecule has 6 heteroatoms. The summed E-state index contributed by atoms with van der Waals surface area (Å²) in [5, 5.41) is 11.1. The first-order chi connectivity index (χ1) is 10.7.